The molecule has 20 heavy (non-hydrogen) atoms. The van der Waals surface area contributed by atoms with E-state index in [-0.39, 0.29) is 11.4 Å². The van der Waals surface area contributed by atoms with Crippen LogP contribution in [0.4, 0.5) is 11.4 Å². The molecule has 0 heterocycles. The van der Waals surface area contributed by atoms with Crippen LogP contribution in [-0.2, 0) is 6.42 Å². The smallest absolute Gasteiger partial charge is 0.258 e. The van der Waals surface area contributed by atoms with Crippen LogP contribution in [-0.4, -0.2) is 9.85 Å². The zero-order valence-electron chi connectivity index (χ0n) is 10.2. The maximum Gasteiger partial charge on any atom is 0.276 e. The minimum Gasteiger partial charge on any atom is -0.258 e. The Labute approximate surface area is 118 Å². The molecule has 0 fully saturated rings. The second-order valence-corrected chi connectivity index (χ2v) is 4.61. The lowest BCUT2D eigenvalue weighted by Gasteiger charge is -2.03. The largest absolute Gasteiger partial charge is 0.276 e. The fraction of sp³-hybridized carbons (Fsp3) is 0.0769. The van der Waals surface area contributed by atoms with Crippen LogP contribution in [0, 0.1) is 20.2 Å². The number of nitro benzene ring substituents is 2. The first-order valence-corrected chi connectivity index (χ1v) is 6.00. The van der Waals surface area contributed by atoms with E-state index in [1.54, 1.807) is 24.3 Å². The highest BCUT2D eigenvalue weighted by Crippen LogP contribution is 2.24. The number of benzene rings is 2. The summed E-state index contributed by atoms with van der Waals surface area (Å²) in [5.41, 5.74) is 0.795. The topological polar surface area (TPSA) is 86.3 Å². The molecule has 0 spiro atoms. The number of nitro groups is 2. The molecule has 0 saturated heterocycles. The molecule has 0 N–H and O–H groups in total. The van der Waals surface area contributed by atoms with Crippen molar-refractivity contribution in [3.8, 4) is 0 Å². The van der Waals surface area contributed by atoms with Crippen molar-refractivity contribution < 1.29 is 9.85 Å². The molecular weight excluding hydrogens is 284 g/mol. The van der Waals surface area contributed by atoms with E-state index in [0.29, 0.717) is 17.0 Å². The van der Waals surface area contributed by atoms with Gasteiger partial charge in [-0.2, -0.15) is 0 Å². The average Bonchev–Trinajstić information content (AvgIpc) is 2.41. The van der Waals surface area contributed by atoms with E-state index in [9.17, 15) is 20.2 Å². The maximum absolute atomic E-state index is 10.8. The molecule has 7 heteroatoms. The molecule has 0 aliphatic rings. The summed E-state index contributed by atoms with van der Waals surface area (Å²) in [6, 6.07) is 10.6. The van der Waals surface area contributed by atoms with Crippen LogP contribution in [0.5, 0.6) is 0 Å². The summed E-state index contributed by atoms with van der Waals surface area (Å²) in [7, 11) is 0. The Kier molecular flexibility index (Phi) is 3.95. The first-order valence-electron chi connectivity index (χ1n) is 5.63. The summed E-state index contributed by atoms with van der Waals surface area (Å²) in [5.74, 6) is 0. The van der Waals surface area contributed by atoms with E-state index in [2.05, 4.69) is 0 Å². The molecule has 2 rings (SSSR count). The third kappa shape index (κ3) is 3.30. The standard InChI is InChI=1S/C13H9ClN2O4/c14-11-3-1-9(2-4-11)5-10-6-12(15(17)18)8-13(7-10)16(19)20/h1-4,6-8H,5H2. The maximum atomic E-state index is 10.8. The molecule has 0 amide bonds. The second-order valence-electron chi connectivity index (χ2n) is 4.18. The highest BCUT2D eigenvalue weighted by atomic mass is 35.5. The van der Waals surface area contributed by atoms with Gasteiger partial charge in [-0.25, -0.2) is 0 Å². The van der Waals surface area contributed by atoms with Gasteiger partial charge in [0, 0.05) is 17.2 Å². The van der Waals surface area contributed by atoms with E-state index >= 15 is 0 Å². The van der Waals surface area contributed by atoms with Crippen LogP contribution in [0.2, 0.25) is 5.02 Å². The Morgan fingerprint density at radius 3 is 1.80 bits per heavy atom. The Morgan fingerprint density at radius 1 is 0.850 bits per heavy atom. The van der Waals surface area contributed by atoms with Crippen molar-refractivity contribution in [1.29, 1.82) is 0 Å². The molecule has 0 bridgehead atoms. The zero-order valence-corrected chi connectivity index (χ0v) is 10.9. The van der Waals surface area contributed by atoms with Gasteiger partial charge in [0.2, 0.25) is 0 Å². The first-order chi connectivity index (χ1) is 9.45. The van der Waals surface area contributed by atoms with Crippen LogP contribution < -0.4 is 0 Å². The molecule has 0 aliphatic heterocycles. The predicted octanol–water partition coefficient (Wildman–Crippen LogP) is 3.75. The van der Waals surface area contributed by atoms with Crippen molar-refractivity contribution in [3.63, 3.8) is 0 Å². The minimum absolute atomic E-state index is 0.289. The van der Waals surface area contributed by atoms with Crippen molar-refractivity contribution in [2.24, 2.45) is 0 Å². The summed E-state index contributed by atoms with van der Waals surface area (Å²) < 4.78 is 0. The quantitative estimate of drug-likeness (QED) is 0.634. The number of halogens is 1. The Morgan fingerprint density at radius 2 is 1.35 bits per heavy atom. The molecule has 0 aliphatic carbocycles. The van der Waals surface area contributed by atoms with Crippen molar-refractivity contribution in [3.05, 3.63) is 78.8 Å². The molecule has 102 valence electrons. The van der Waals surface area contributed by atoms with Crippen molar-refractivity contribution in [1.82, 2.24) is 0 Å². The number of hydrogen-bond donors (Lipinski definition) is 0. The van der Waals surface area contributed by atoms with Crippen molar-refractivity contribution in [2.75, 3.05) is 0 Å². The summed E-state index contributed by atoms with van der Waals surface area (Å²) in [5, 5.41) is 22.2. The monoisotopic (exact) mass is 292 g/mol. The molecule has 0 aromatic heterocycles. The lowest BCUT2D eigenvalue weighted by Crippen LogP contribution is -1.96. The summed E-state index contributed by atoms with van der Waals surface area (Å²) in [4.78, 5) is 20.3. The van der Waals surface area contributed by atoms with Gasteiger partial charge in [0.15, 0.2) is 0 Å². The van der Waals surface area contributed by atoms with Gasteiger partial charge >= 0.3 is 0 Å². The fourth-order valence-electron chi connectivity index (χ4n) is 1.81. The van der Waals surface area contributed by atoms with Crippen LogP contribution in [0.15, 0.2) is 42.5 Å². The molecule has 0 saturated carbocycles. The summed E-state index contributed by atoms with van der Waals surface area (Å²) >= 11 is 5.77. The normalized spacial score (nSPS) is 10.2. The van der Waals surface area contributed by atoms with Crippen LogP contribution in [0.25, 0.3) is 0 Å². The van der Waals surface area contributed by atoms with Gasteiger partial charge in [0.25, 0.3) is 11.4 Å². The van der Waals surface area contributed by atoms with E-state index in [1.807, 2.05) is 0 Å². The van der Waals surface area contributed by atoms with Crippen LogP contribution in [0.3, 0.4) is 0 Å². The van der Waals surface area contributed by atoms with Gasteiger partial charge < -0.3 is 0 Å². The predicted molar refractivity (Wildman–Crippen MR) is 74.0 cm³/mol. The van der Waals surface area contributed by atoms with Gasteiger partial charge in [-0.1, -0.05) is 23.7 Å². The molecular formula is C13H9ClN2O4. The average molecular weight is 293 g/mol. The summed E-state index contributed by atoms with van der Waals surface area (Å²) in [6.45, 7) is 0. The Bertz CT molecular complexity index is 638. The van der Waals surface area contributed by atoms with Gasteiger partial charge in [-0.15, -0.1) is 0 Å². The molecule has 6 nitrogen and oxygen atoms in total. The second kappa shape index (κ2) is 5.66. The first kappa shape index (κ1) is 14.0. The van der Waals surface area contributed by atoms with Crippen molar-refractivity contribution >= 4 is 23.0 Å². The van der Waals surface area contributed by atoms with Crippen molar-refractivity contribution in [2.45, 2.75) is 6.42 Å². The van der Waals surface area contributed by atoms with Gasteiger partial charge in [-0.05, 0) is 29.7 Å². The van der Waals surface area contributed by atoms with Gasteiger partial charge in [0.05, 0.1) is 15.9 Å². The minimum atomic E-state index is -0.641. The highest BCUT2D eigenvalue weighted by molar-refractivity contribution is 6.30. The van der Waals surface area contributed by atoms with Crippen LogP contribution in [0.1, 0.15) is 11.1 Å². The molecule has 0 atom stereocenters. The van der Waals surface area contributed by atoms with E-state index in [0.717, 1.165) is 11.6 Å². The fourth-order valence-corrected chi connectivity index (χ4v) is 1.93. The Balaban J connectivity index is 2.37. The van der Waals surface area contributed by atoms with Gasteiger partial charge in [0.1, 0.15) is 0 Å². The zero-order chi connectivity index (χ0) is 14.7. The van der Waals surface area contributed by atoms with Gasteiger partial charge in [-0.3, -0.25) is 20.2 Å². The van der Waals surface area contributed by atoms with E-state index in [1.165, 1.54) is 12.1 Å². The third-order valence-electron chi connectivity index (χ3n) is 2.71. The third-order valence-corrected chi connectivity index (χ3v) is 2.96. The number of rotatable bonds is 4. The number of non-ortho nitro benzene ring substituents is 2. The van der Waals surface area contributed by atoms with E-state index < -0.39 is 9.85 Å². The van der Waals surface area contributed by atoms with Crippen LogP contribution >= 0.6 is 11.6 Å². The molecule has 0 unspecified atom stereocenters. The SMILES string of the molecule is O=[N+]([O-])c1cc(Cc2ccc(Cl)cc2)cc([N+](=O)[O-])c1. The van der Waals surface area contributed by atoms with E-state index in [4.69, 9.17) is 11.6 Å². The Hall–Kier alpha value is -2.47. The molecule has 0 radical (unpaired) electrons. The highest BCUT2D eigenvalue weighted by Gasteiger charge is 2.16. The molecule has 2 aromatic rings. The lowest BCUT2D eigenvalue weighted by molar-refractivity contribution is -0.394. The number of nitrogens with zero attached hydrogens (tertiary/aromatic N) is 2. The molecule has 2 aromatic carbocycles. The summed E-state index contributed by atoms with van der Waals surface area (Å²) in [6.07, 6.45) is 0.361. The lowest BCUT2D eigenvalue weighted by atomic mass is 10.0. The number of hydrogen-bond acceptors (Lipinski definition) is 4.